The maximum absolute atomic E-state index is 11.4. The zero-order valence-electron chi connectivity index (χ0n) is 9.36. The van der Waals surface area contributed by atoms with Gasteiger partial charge >= 0.3 is 0 Å². The molecule has 0 atom stereocenters. The Morgan fingerprint density at radius 2 is 2.33 bits per heavy atom. The second-order valence-corrected chi connectivity index (χ2v) is 4.23. The number of rotatable bonds is 8. The zero-order chi connectivity index (χ0) is 11.5. The molecule has 0 saturated heterocycles. The Hall–Kier alpha value is -0.730. The summed E-state index contributed by atoms with van der Waals surface area (Å²) in [5.74, 6) is 1.52. The molecule has 0 radical (unpaired) electrons. The predicted octanol–water partition coefficient (Wildman–Crippen LogP) is 1.13. The molecule has 0 aliphatic rings. The third-order valence-electron chi connectivity index (χ3n) is 1.85. The van der Waals surface area contributed by atoms with Crippen molar-refractivity contribution in [1.82, 2.24) is 4.90 Å². The fourth-order valence-corrected chi connectivity index (χ4v) is 1.78. The predicted molar refractivity (Wildman–Crippen MR) is 61.7 cm³/mol. The molecular formula is C10H18N2O2S. The number of ether oxygens (including phenoxy) is 1. The highest BCUT2D eigenvalue weighted by Crippen LogP contribution is 2.04. The van der Waals surface area contributed by atoms with Crippen LogP contribution in [-0.4, -0.2) is 49.6 Å². The van der Waals surface area contributed by atoms with Crippen LogP contribution in [0.3, 0.4) is 0 Å². The molecule has 0 unspecified atom stereocenters. The van der Waals surface area contributed by atoms with Crippen LogP contribution in [0.4, 0.5) is 0 Å². The number of hydrogen-bond acceptors (Lipinski definition) is 4. The molecule has 0 N–H and O–H groups in total. The first-order valence-electron chi connectivity index (χ1n) is 4.90. The summed E-state index contributed by atoms with van der Waals surface area (Å²) in [6.07, 6.45) is 1.37. The average molecular weight is 230 g/mol. The fourth-order valence-electron chi connectivity index (χ4n) is 0.917. The van der Waals surface area contributed by atoms with E-state index in [9.17, 15) is 4.79 Å². The normalized spacial score (nSPS) is 9.67. The number of amides is 1. The molecule has 86 valence electrons. The largest absolute Gasteiger partial charge is 0.385 e. The second kappa shape index (κ2) is 9.81. The van der Waals surface area contributed by atoms with Gasteiger partial charge in [-0.3, -0.25) is 4.79 Å². The lowest BCUT2D eigenvalue weighted by molar-refractivity contribution is -0.127. The summed E-state index contributed by atoms with van der Waals surface area (Å²) in [7, 11) is 3.40. The quantitative estimate of drug-likeness (QED) is 0.587. The number of carbonyl (C=O) groups is 1. The first-order valence-corrected chi connectivity index (χ1v) is 6.05. The Labute approximate surface area is 95.6 Å². The maximum atomic E-state index is 11.4. The van der Waals surface area contributed by atoms with Crippen molar-refractivity contribution in [2.75, 3.05) is 38.8 Å². The van der Waals surface area contributed by atoms with Crippen molar-refractivity contribution in [1.29, 1.82) is 5.26 Å². The van der Waals surface area contributed by atoms with E-state index in [2.05, 4.69) is 0 Å². The van der Waals surface area contributed by atoms with Gasteiger partial charge in [-0.05, 0) is 12.2 Å². The molecule has 0 rings (SSSR count). The van der Waals surface area contributed by atoms with Crippen molar-refractivity contribution in [3.05, 3.63) is 0 Å². The lowest BCUT2D eigenvalue weighted by Gasteiger charge is -2.14. The average Bonchev–Trinajstić information content (AvgIpc) is 2.25. The molecule has 0 aromatic rings. The molecule has 0 spiro atoms. The smallest absolute Gasteiger partial charge is 0.232 e. The number of thioether (sulfide) groups is 1. The van der Waals surface area contributed by atoms with Crippen molar-refractivity contribution in [3.63, 3.8) is 0 Å². The van der Waals surface area contributed by atoms with E-state index in [-0.39, 0.29) is 5.91 Å². The maximum Gasteiger partial charge on any atom is 0.232 e. The molecule has 5 heteroatoms. The molecule has 0 aromatic heterocycles. The topological polar surface area (TPSA) is 53.3 Å². The van der Waals surface area contributed by atoms with E-state index < -0.39 is 0 Å². The lowest BCUT2D eigenvalue weighted by Crippen LogP contribution is -2.29. The van der Waals surface area contributed by atoms with Crippen molar-refractivity contribution >= 4 is 17.7 Å². The van der Waals surface area contributed by atoms with Gasteiger partial charge in [-0.2, -0.15) is 17.0 Å². The van der Waals surface area contributed by atoms with Gasteiger partial charge in [0.2, 0.25) is 5.91 Å². The van der Waals surface area contributed by atoms with Crippen molar-refractivity contribution in [2.45, 2.75) is 12.8 Å². The van der Waals surface area contributed by atoms with E-state index in [1.165, 1.54) is 0 Å². The fraction of sp³-hybridized carbons (Fsp3) is 0.800. The van der Waals surface area contributed by atoms with Crippen molar-refractivity contribution in [3.8, 4) is 6.07 Å². The van der Waals surface area contributed by atoms with Gasteiger partial charge in [0.25, 0.3) is 0 Å². The molecule has 0 aromatic carbocycles. The third kappa shape index (κ3) is 8.28. The Morgan fingerprint density at radius 3 is 2.93 bits per heavy atom. The Kier molecular flexibility index (Phi) is 9.33. The third-order valence-corrected chi connectivity index (χ3v) is 2.88. The van der Waals surface area contributed by atoms with Crippen LogP contribution >= 0.6 is 11.8 Å². The van der Waals surface area contributed by atoms with E-state index in [4.69, 9.17) is 10.00 Å². The summed E-state index contributed by atoms with van der Waals surface area (Å²) in [5.41, 5.74) is 0. The van der Waals surface area contributed by atoms with Gasteiger partial charge in [0, 0.05) is 27.3 Å². The highest BCUT2D eigenvalue weighted by atomic mass is 32.2. The SMILES string of the molecule is COCCCSCC(=O)N(C)CCC#N. The molecule has 0 aliphatic heterocycles. The van der Waals surface area contributed by atoms with E-state index >= 15 is 0 Å². The molecule has 4 nitrogen and oxygen atoms in total. The van der Waals surface area contributed by atoms with Crippen LogP contribution in [0.15, 0.2) is 0 Å². The lowest BCUT2D eigenvalue weighted by atomic mass is 10.4. The van der Waals surface area contributed by atoms with Crippen molar-refractivity contribution in [2.24, 2.45) is 0 Å². The molecule has 1 amide bonds. The highest BCUT2D eigenvalue weighted by molar-refractivity contribution is 7.99. The van der Waals surface area contributed by atoms with Crippen molar-refractivity contribution < 1.29 is 9.53 Å². The molecule has 0 aliphatic carbocycles. The van der Waals surface area contributed by atoms with Gasteiger partial charge in [-0.25, -0.2) is 0 Å². The summed E-state index contributed by atoms with van der Waals surface area (Å²) >= 11 is 1.61. The van der Waals surface area contributed by atoms with Crippen LogP contribution in [0.5, 0.6) is 0 Å². The summed E-state index contributed by atoms with van der Waals surface area (Å²) < 4.78 is 4.90. The van der Waals surface area contributed by atoms with Gasteiger partial charge in [0.1, 0.15) is 0 Å². The number of hydrogen-bond donors (Lipinski definition) is 0. The minimum Gasteiger partial charge on any atom is -0.385 e. The Morgan fingerprint density at radius 1 is 1.60 bits per heavy atom. The summed E-state index contributed by atoms with van der Waals surface area (Å²) in [5, 5.41) is 8.36. The molecule has 0 bridgehead atoms. The minimum atomic E-state index is 0.0904. The first kappa shape index (κ1) is 14.3. The van der Waals surface area contributed by atoms with Crippen LogP contribution in [-0.2, 0) is 9.53 Å². The van der Waals surface area contributed by atoms with Gasteiger partial charge < -0.3 is 9.64 Å². The number of methoxy groups -OCH3 is 1. The van der Waals surface area contributed by atoms with Gasteiger partial charge in [0.15, 0.2) is 0 Å². The second-order valence-electron chi connectivity index (χ2n) is 3.12. The number of carbonyl (C=O) groups excluding carboxylic acids is 1. The zero-order valence-corrected chi connectivity index (χ0v) is 10.2. The first-order chi connectivity index (χ1) is 7.22. The standard InChI is InChI=1S/C10H18N2O2S/c1-12(6-3-5-11)10(13)9-15-8-4-7-14-2/h3-4,6-9H2,1-2H3. The van der Waals surface area contributed by atoms with Crippen LogP contribution in [0.25, 0.3) is 0 Å². The van der Waals surface area contributed by atoms with E-state index in [0.29, 0.717) is 18.7 Å². The Balaban J connectivity index is 3.43. The Bertz CT molecular complexity index is 216. The summed E-state index contributed by atoms with van der Waals surface area (Å²) in [6.45, 7) is 1.26. The van der Waals surface area contributed by atoms with Gasteiger partial charge in [0.05, 0.1) is 18.2 Å². The van der Waals surface area contributed by atoms with Gasteiger partial charge in [-0.15, -0.1) is 0 Å². The van der Waals surface area contributed by atoms with E-state index in [1.54, 1.807) is 30.8 Å². The molecule has 0 saturated carbocycles. The number of nitriles is 1. The van der Waals surface area contributed by atoms with Crippen LogP contribution < -0.4 is 0 Å². The minimum absolute atomic E-state index is 0.0904. The van der Waals surface area contributed by atoms with Crippen LogP contribution in [0, 0.1) is 11.3 Å². The number of nitrogens with zero attached hydrogens (tertiary/aromatic N) is 2. The summed E-state index contributed by atoms with van der Waals surface area (Å²) in [6, 6.07) is 2.02. The molecule has 0 fully saturated rings. The van der Waals surface area contributed by atoms with Crippen LogP contribution in [0.1, 0.15) is 12.8 Å². The molecule has 0 heterocycles. The van der Waals surface area contributed by atoms with Crippen LogP contribution in [0.2, 0.25) is 0 Å². The summed E-state index contributed by atoms with van der Waals surface area (Å²) in [4.78, 5) is 13.0. The molecule has 15 heavy (non-hydrogen) atoms. The van der Waals surface area contributed by atoms with Gasteiger partial charge in [-0.1, -0.05) is 0 Å². The van der Waals surface area contributed by atoms with E-state index in [0.717, 1.165) is 18.8 Å². The highest BCUT2D eigenvalue weighted by Gasteiger charge is 2.07. The van der Waals surface area contributed by atoms with E-state index in [1.807, 2.05) is 6.07 Å². The monoisotopic (exact) mass is 230 g/mol. The molecular weight excluding hydrogens is 212 g/mol.